The standard InChI is InChI=1S/C16H36N.C12H16NO3/c1-5-9-13-17(14-10-6-2,15-11-7-3)16-12-8-4;1-2-3-8-16-11-6-4-10(5-7-11)9-12(14)13-15/h5-16H2,1-4H3;4-7H,2-3,8-9H2,1H3,(H-,13,14,15)/q+1;-1. The minimum Gasteiger partial charge on any atom is -0.759 e. The van der Waals surface area contributed by atoms with E-state index in [1.54, 1.807) is 12.1 Å². The number of rotatable bonds is 18. The van der Waals surface area contributed by atoms with Crippen LogP contribution in [0.1, 0.15) is 104 Å². The Morgan fingerprint density at radius 2 is 1.18 bits per heavy atom. The molecule has 1 aromatic rings. The smallest absolute Gasteiger partial charge is 0.213 e. The van der Waals surface area contributed by atoms with Crippen molar-refractivity contribution >= 4 is 5.91 Å². The van der Waals surface area contributed by atoms with Gasteiger partial charge in [-0.25, -0.2) is 0 Å². The maximum Gasteiger partial charge on any atom is 0.213 e. The van der Waals surface area contributed by atoms with Crippen LogP contribution < -0.4 is 10.2 Å². The number of quaternary nitrogens is 1. The predicted octanol–water partition coefficient (Wildman–Crippen LogP) is 7.03. The average molecular weight is 465 g/mol. The number of nitrogens with zero attached hydrogens (tertiary/aromatic N) is 1. The molecule has 0 unspecified atom stereocenters. The number of benzene rings is 1. The van der Waals surface area contributed by atoms with E-state index in [-0.39, 0.29) is 6.42 Å². The van der Waals surface area contributed by atoms with Crippen LogP contribution >= 0.6 is 0 Å². The average Bonchev–Trinajstić information content (AvgIpc) is 2.84. The van der Waals surface area contributed by atoms with Crippen LogP contribution in [0.3, 0.4) is 0 Å². The summed E-state index contributed by atoms with van der Waals surface area (Å²) in [7, 11) is 0. The molecule has 192 valence electrons. The summed E-state index contributed by atoms with van der Waals surface area (Å²) in [5, 5.41) is 10.1. The number of carbonyl (C=O) groups is 1. The highest BCUT2D eigenvalue weighted by Crippen LogP contribution is 2.16. The Morgan fingerprint density at radius 1 is 0.758 bits per heavy atom. The molecule has 0 aliphatic rings. The Labute approximate surface area is 204 Å². The van der Waals surface area contributed by atoms with E-state index in [2.05, 4.69) is 34.6 Å². The molecule has 5 heteroatoms. The Bertz CT molecular complexity index is 538. The summed E-state index contributed by atoms with van der Waals surface area (Å²) in [5.74, 6) is 0.263. The number of carbonyl (C=O) groups excluding carboxylic acids is 1. The van der Waals surface area contributed by atoms with Gasteiger partial charge in [-0.05, 0) is 49.8 Å². The largest absolute Gasteiger partial charge is 0.759 e. The van der Waals surface area contributed by atoms with Gasteiger partial charge in [0.15, 0.2) is 0 Å². The molecule has 0 atom stereocenters. The molecule has 1 N–H and O–H groups in total. The van der Waals surface area contributed by atoms with Gasteiger partial charge in [0.05, 0.1) is 39.2 Å². The highest BCUT2D eigenvalue weighted by Gasteiger charge is 2.24. The van der Waals surface area contributed by atoms with Gasteiger partial charge in [-0.3, -0.25) is 4.79 Å². The van der Waals surface area contributed by atoms with Crippen molar-refractivity contribution in [3.8, 4) is 5.75 Å². The third-order valence-corrected chi connectivity index (χ3v) is 6.11. The zero-order chi connectivity index (χ0) is 24.8. The first-order chi connectivity index (χ1) is 16.0. The third-order valence-electron chi connectivity index (χ3n) is 6.11. The van der Waals surface area contributed by atoms with Gasteiger partial charge in [-0.2, -0.15) is 0 Å². The van der Waals surface area contributed by atoms with Gasteiger partial charge < -0.3 is 19.9 Å². The number of hydroxylamine groups is 1. The summed E-state index contributed by atoms with van der Waals surface area (Å²) >= 11 is 0. The molecule has 5 nitrogen and oxygen atoms in total. The number of amides is 1. The Kier molecular flexibility index (Phi) is 20.0. The molecule has 0 aliphatic carbocycles. The SMILES string of the molecule is CCCCOc1ccc(CC(=O)N[O-])cc1.CCCC[N+](CCCC)(CCCC)CCCC. The van der Waals surface area contributed by atoms with Crippen molar-refractivity contribution in [1.29, 1.82) is 0 Å². The molecule has 1 aromatic carbocycles. The Hall–Kier alpha value is -1.59. The summed E-state index contributed by atoms with van der Waals surface area (Å²) in [6.45, 7) is 17.8. The fraction of sp³-hybridized carbons (Fsp3) is 0.750. The van der Waals surface area contributed by atoms with Gasteiger partial charge in [0.1, 0.15) is 5.75 Å². The summed E-state index contributed by atoms with van der Waals surface area (Å²) in [5.41, 5.74) is 2.15. The van der Waals surface area contributed by atoms with Gasteiger partial charge >= 0.3 is 0 Å². The molecule has 0 saturated carbocycles. The second-order valence-electron chi connectivity index (χ2n) is 9.20. The zero-order valence-corrected chi connectivity index (χ0v) is 22.3. The quantitative estimate of drug-likeness (QED) is 0.144. The minimum absolute atomic E-state index is 0.110. The summed E-state index contributed by atoms with van der Waals surface area (Å²) in [6, 6.07) is 7.19. The molecule has 0 aromatic heterocycles. The van der Waals surface area contributed by atoms with Gasteiger partial charge in [0, 0.05) is 0 Å². The lowest BCUT2D eigenvalue weighted by atomic mass is 10.1. The first kappa shape index (κ1) is 31.4. The molecule has 0 bridgehead atoms. The van der Waals surface area contributed by atoms with E-state index in [1.807, 2.05) is 12.1 Å². The molecule has 1 amide bonds. The van der Waals surface area contributed by atoms with Crippen molar-refractivity contribution in [3.63, 3.8) is 0 Å². The van der Waals surface area contributed by atoms with Gasteiger partial charge in [-0.15, -0.1) is 0 Å². The van der Waals surface area contributed by atoms with Crippen LogP contribution in [-0.2, 0) is 11.2 Å². The fourth-order valence-corrected chi connectivity index (χ4v) is 3.90. The third kappa shape index (κ3) is 15.8. The van der Waals surface area contributed by atoms with Crippen LogP contribution in [-0.4, -0.2) is 43.2 Å². The fourth-order valence-electron chi connectivity index (χ4n) is 3.90. The van der Waals surface area contributed by atoms with Crippen LogP contribution in [0.2, 0.25) is 0 Å². The van der Waals surface area contributed by atoms with E-state index < -0.39 is 5.91 Å². The molecule has 0 spiro atoms. The molecule has 0 fully saturated rings. The normalized spacial score (nSPS) is 11.0. The zero-order valence-electron chi connectivity index (χ0n) is 22.3. The molecule has 0 heterocycles. The first-order valence-corrected chi connectivity index (χ1v) is 13.5. The molecule has 0 saturated heterocycles. The van der Waals surface area contributed by atoms with Crippen molar-refractivity contribution in [3.05, 3.63) is 35.0 Å². The van der Waals surface area contributed by atoms with E-state index in [9.17, 15) is 10.0 Å². The number of unbranched alkanes of at least 4 members (excludes halogenated alkanes) is 5. The lowest BCUT2D eigenvalue weighted by molar-refractivity contribution is -0.929. The Balaban J connectivity index is 0.000000621. The highest BCUT2D eigenvalue weighted by atomic mass is 16.5. The molecule has 0 aliphatic heterocycles. The number of hydrogen-bond donors (Lipinski definition) is 1. The second-order valence-corrected chi connectivity index (χ2v) is 9.20. The predicted molar refractivity (Wildman–Crippen MR) is 141 cm³/mol. The highest BCUT2D eigenvalue weighted by molar-refractivity contribution is 5.78. The summed E-state index contributed by atoms with van der Waals surface area (Å²) < 4.78 is 6.89. The molecular formula is C28H52N2O3. The van der Waals surface area contributed by atoms with Gasteiger partial charge in [-0.1, -0.05) is 78.9 Å². The maximum absolute atomic E-state index is 10.8. The summed E-state index contributed by atoms with van der Waals surface area (Å²) in [6.07, 6.45) is 13.3. The van der Waals surface area contributed by atoms with E-state index >= 15 is 0 Å². The maximum atomic E-state index is 10.8. The van der Waals surface area contributed by atoms with Crippen molar-refractivity contribution in [2.75, 3.05) is 32.8 Å². The molecular weight excluding hydrogens is 412 g/mol. The minimum atomic E-state index is -0.528. The number of hydrogen-bond acceptors (Lipinski definition) is 3. The van der Waals surface area contributed by atoms with Crippen LogP contribution in [0.4, 0.5) is 0 Å². The number of nitrogens with one attached hydrogen (secondary N) is 1. The van der Waals surface area contributed by atoms with E-state index in [0.717, 1.165) is 24.2 Å². The monoisotopic (exact) mass is 464 g/mol. The van der Waals surface area contributed by atoms with Crippen LogP contribution in [0, 0.1) is 5.21 Å². The Morgan fingerprint density at radius 3 is 1.55 bits per heavy atom. The van der Waals surface area contributed by atoms with E-state index in [1.165, 1.54) is 87.5 Å². The molecule has 1 rings (SSSR count). The molecule has 33 heavy (non-hydrogen) atoms. The van der Waals surface area contributed by atoms with Crippen LogP contribution in [0.25, 0.3) is 0 Å². The summed E-state index contributed by atoms with van der Waals surface area (Å²) in [4.78, 5) is 10.8. The van der Waals surface area contributed by atoms with Crippen LogP contribution in [0.5, 0.6) is 5.75 Å². The first-order valence-electron chi connectivity index (χ1n) is 13.5. The van der Waals surface area contributed by atoms with Crippen molar-refractivity contribution in [2.45, 2.75) is 105 Å². The van der Waals surface area contributed by atoms with Crippen molar-refractivity contribution in [1.82, 2.24) is 5.48 Å². The molecule has 0 radical (unpaired) electrons. The van der Waals surface area contributed by atoms with Crippen LogP contribution in [0.15, 0.2) is 24.3 Å². The lowest BCUT2D eigenvalue weighted by Gasteiger charge is -2.39. The van der Waals surface area contributed by atoms with Crippen molar-refractivity contribution in [2.24, 2.45) is 0 Å². The second kappa shape index (κ2) is 21.0. The van der Waals surface area contributed by atoms with E-state index in [4.69, 9.17) is 4.74 Å². The topological polar surface area (TPSA) is 61.4 Å². The van der Waals surface area contributed by atoms with Gasteiger partial charge in [0.2, 0.25) is 5.91 Å². The van der Waals surface area contributed by atoms with Gasteiger partial charge in [0.25, 0.3) is 0 Å². The number of ether oxygens (including phenoxy) is 1. The van der Waals surface area contributed by atoms with Crippen molar-refractivity contribution < 1.29 is 14.0 Å². The lowest BCUT2D eigenvalue weighted by Crippen LogP contribution is -2.50. The van der Waals surface area contributed by atoms with E-state index in [0.29, 0.717) is 6.61 Å².